The van der Waals surface area contributed by atoms with E-state index < -0.39 is 30.4 Å². The Balaban J connectivity index is 2.66. The Bertz CT molecular complexity index is 149. The number of nitrogens with two attached hydrogens (primary N) is 1. The minimum Gasteiger partial charge on any atom is -0.395 e. The van der Waals surface area contributed by atoms with E-state index in [1.165, 1.54) is 0 Å². The third kappa shape index (κ3) is 1.98. The second-order valence-electron chi connectivity index (χ2n) is 3.27. The van der Waals surface area contributed by atoms with E-state index >= 15 is 0 Å². The molecule has 0 amide bonds. The molecule has 0 spiro atoms. The molecule has 13 heavy (non-hydrogen) atoms. The Morgan fingerprint density at radius 3 is 2.00 bits per heavy atom. The van der Waals surface area contributed by atoms with Gasteiger partial charge < -0.3 is 31.5 Å². The van der Waals surface area contributed by atoms with Crippen molar-refractivity contribution < 1.29 is 20.4 Å². The highest BCUT2D eigenvalue weighted by atomic mass is 16.4. The first kappa shape index (κ1) is 10.8. The maximum absolute atomic E-state index is 9.39. The number of aliphatic hydroxyl groups excluding tert-OH is 4. The van der Waals surface area contributed by atoms with Crippen molar-refractivity contribution in [3.8, 4) is 0 Å². The Morgan fingerprint density at radius 1 is 1.00 bits per heavy atom. The first-order chi connectivity index (χ1) is 6.11. The Hall–Kier alpha value is -0.240. The fourth-order valence-electron chi connectivity index (χ4n) is 1.52. The molecular formula is C7H16N2O4. The van der Waals surface area contributed by atoms with Gasteiger partial charge in [0, 0.05) is 12.6 Å². The minimum absolute atomic E-state index is 0.140. The lowest BCUT2D eigenvalue weighted by molar-refractivity contribution is -0.117. The van der Waals surface area contributed by atoms with Crippen LogP contribution in [0.15, 0.2) is 0 Å². The van der Waals surface area contributed by atoms with Crippen LogP contribution >= 0.6 is 0 Å². The Morgan fingerprint density at radius 2 is 1.54 bits per heavy atom. The van der Waals surface area contributed by atoms with Crippen molar-refractivity contribution in [2.24, 2.45) is 5.73 Å². The van der Waals surface area contributed by atoms with E-state index in [9.17, 15) is 15.3 Å². The van der Waals surface area contributed by atoms with Crippen molar-refractivity contribution in [3.63, 3.8) is 0 Å². The molecule has 7 N–H and O–H groups in total. The molecule has 0 radical (unpaired) electrons. The second-order valence-corrected chi connectivity index (χ2v) is 3.27. The Kier molecular flexibility index (Phi) is 3.60. The number of nitrogens with one attached hydrogen (secondary N) is 1. The van der Waals surface area contributed by atoms with Gasteiger partial charge in [-0.1, -0.05) is 0 Å². The van der Waals surface area contributed by atoms with E-state index in [2.05, 4.69) is 5.32 Å². The summed E-state index contributed by atoms with van der Waals surface area (Å²) in [6, 6.07) is -1.12. The number of piperidine rings is 1. The van der Waals surface area contributed by atoms with Crippen LogP contribution in [0.3, 0.4) is 0 Å². The minimum atomic E-state index is -1.26. The van der Waals surface area contributed by atoms with Crippen LogP contribution in [-0.2, 0) is 0 Å². The summed E-state index contributed by atoms with van der Waals surface area (Å²) in [6.07, 6.45) is -3.52. The highest BCUT2D eigenvalue weighted by Crippen LogP contribution is 2.14. The molecule has 0 saturated carbocycles. The predicted molar refractivity (Wildman–Crippen MR) is 44.9 cm³/mol. The van der Waals surface area contributed by atoms with E-state index in [1.54, 1.807) is 0 Å². The molecule has 1 fully saturated rings. The molecule has 1 saturated heterocycles. The largest absolute Gasteiger partial charge is 0.395 e. The fraction of sp³-hybridized carbons (Fsp3) is 1.00. The lowest BCUT2D eigenvalue weighted by atomic mass is 9.90. The quantitative estimate of drug-likeness (QED) is 0.268. The van der Waals surface area contributed by atoms with E-state index in [1.807, 2.05) is 0 Å². The molecule has 1 aliphatic heterocycles. The molecule has 78 valence electrons. The molecule has 6 heteroatoms. The van der Waals surface area contributed by atoms with Gasteiger partial charge in [0.25, 0.3) is 0 Å². The van der Waals surface area contributed by atoms with Crippen molar-refractivity contribution in [2.75, 3.05) is 13.2 Å². The number of hydrogen-bond donors (Lipinski definition) is 6. The Labute approximate surface area is 76.0 Å². The van der Waals surface area contributed by atoms with Crippen LogP contribution in [0.1, 0.15) is 0 Å². The van der Waals surface area contributed by atoms with Crippen LogP contribution < -0.4 is 11.1 Å². The van der Waals surface area contributed by atoms with Gasteiger partial charge in [-0.05, 0) is 0 Å². The zero-order valence-electron chi connectivity index (χ0n) is 7.17. The summed E-state index contributed by atoms with van der Waals surface area (Å²) in [6.45, 7) is -0.164. The highest BCUT2D eigenvalue weighted by molar-refractivity contribution is 4.98. The van der Waals surface area contributed by atoms with E-state index in [0.29, 0.717) is 0 Å². The smallest absolute Gasteiger partial charge is 0.109 e. The van der Waals surface area contributed by atoms with Gasteiger partial charge in [0.15, 0.2) is 0 Å². The molecule has 5 atom stereocenters. The highest BCUT2D eigenvalue weighted by Gasteiger charge is 2.41. The molecule has 6 nitrogen and oxygen atoms in total. The lowest BCUT2D eigenvalue weighted by Gasteiger charge is -2.40. The molecule has 0 aromatic rings. The van der Waals surface area contributed by atoms with Crippen molar-refractivity contribution in [1.82, 2.24) is 5.32 Å². The predicted octanol–water partition coefficient (Wildman–Crippen LogP) is -3.64. The molecule has 0 aromatic heterocycles. The standard InChI is InChI=1S/C7H16N2O4/c8-1-3-5(11)7(13)6(12)4(2-10)9-3/h3-7,9-13H,1-2,8H2/t3-,4?,5?,6?,7?/m1/s1. The molecule has 0 aliphatic carbocycles. The summed E-state index contributed by atoms with van der Waals surface area (Å²) in [4.78, 5) is 0. The van der Waals surface area contributed by atoms with Gasteiger partial charge in [-0.25, -0.2) is 0 Å². The van der Waals surface area contributed by atoms with E-state index in [4.69, 9.17) is 10.8 Å². The van der Waals surface area contributed by atoms with Crippen LogP contribution in [0, 0.1) is 0 Å². The van der Waals surface area contributed by atoms with Crippen LogP contribution in [-0.4, -0.2) is 64.0 Å². The number of hydrogen-bond acceptors (Lipinski definition) is 6. The molecule has 0 aromatic carbocycles. The molecule has 4 unspecified atom stereocenters. The summed E-state index contributed by atoms with van der Waals surface area (Å²) in [7, 11) is 0. The second kappa shape index (κ2) is 4.32. The van der Waals surface area contributed by atoms with Gasteiger partial charge in [0.05, 0.1) is 24.9 Å². The molecule has 1 heterocycles. The van der Waals surface area contributed by atoms with Gasteiger partial charge >= 0.3 is 0 Å². The van der Waals surface area contributed by atoms with E-state index in [-0.39, 0.29) is 13.2 Å². The zero-order valence-corrected chi connectivity index (χ0v) is 7.17. The van der Waals surface area contributed by atoms with E-state index in [0.717, 1.165) is 0 Å². The zero-order chi connectivity index (χ0) is 10.0. The SMILES string of the molecule is NC[C@H]1NC(CO)C(O)C(O)C1O. The van der Waals surface area contributed by atoms with Gasteiger partial charge in [0.2, 0.25) is 0 Å². The van der Waals surface area contributed by atoms with Crippen LogP contribution in [0.4, 0.5) is 0 Å². The summed E-state index contributed by atoms with van der Waals surface area (Å²) < 4.78 is 0. The van der Waals surface area contributed by atoms with Gasteiger partial charge in [-0.15, -0.1) is 0 Å². The average molecular weight is 192 g/mol. The molecular weight excluding hydrogens is 176 g/mol. The lowest BCUT2D eigenvalue weighted by Crippen LogP contribution is -2.67. The topological polar surface area (TPSA) is 119 Å². The maximum atomic E-state index is 9.39. The summed E-state index contributed by atoms with van der Waals surface area (Å²) >= 11 is 0. The number of rotatable bonds is 2. The number of aliphatic hydroxyl groups is 4. The average Bonchev–Trinajstić information content (AvgIpc) is 2.15. The van der Waals surface area contributed by atoms with Gasteiger partial charge in [-0.2, -0.15) is 0 Å². The first-order valence-electron chi connectivity index (χ1n) is 4.23. The van der Waals surface area contributed by atoms with Gasteiger partial charge in [-0.3, -0.25) is 0 Å². The fourth-order valence-corrected chi connectivity index (χ4v) is 1.52. The summed E-state index contributed by atoms with van der Waals surface area (Å²) in [5.74, 6) is 0. The molecule has 1 aliphatic rings. The summed E-state index contributed by atoms with van der Waals surface area (Å²) in [5, 5.41) is 39.6. The van der Waals surface area contributed by atoms with Crippen LogP contribution in [0.25, 0.3) is 0 Å². The normalized spacial score (nSPS) is 46.4. The maximum Gasteiger partial charge on any atom is 0.109 e. The van der Waals surface area contributed by atoms with Crippen LogP contribution in [0.2, 0.25) is 0 Å². The third-order valence-corrected chi connectivity index (χ3v) is 2.40. The monoisotopic (exact) mass is 192 g/mol. The summed E-state index contributed by atoms with van der Waals surface area (Å²) in [5.41, 5.74) is 5.32. The molecule has 1 rings (SSSR count). The van der Waals surface area contributed by atoms with Crippen molar-refractivity contribution in [2.45, 2.75) is 30.4 Å². The van der Waals surface area contributed by atoms with Crippen molar-refractivity contribution in [3.05, 3.63) is 0 Å². The van der Waals surface area contributed by atoms with Crippen molar-refractivity contribution >= 4 is 0 Å². The van der Waals surface area contributed by atoms with Crippen molar-refractivity contribution in [1.29, 1.82) is 0 Å². The first-order valence-corrected chi connectivity index (χ1v) is 4.23. The third-order valence-electron chi connectivity index (χ3n) is 2.40. The van der Waals surface area contributed by atoms with Gasteiger partial charge in [0.1, 0.15) is 6.10 Å². The van der Waals surface area contributed by atoms with Crippen LogP contribution in [0.5, 0.6) is 0 Å². The molecule has 0 bridgehead atoms.